The summed E-state index contributed by atoms with van der Waals surface area (Å²) >= 11 is 1.87. The van der Waals surface area contributed by atoms with Crippen LogP contribution < -0.4 is 0 Å². The lowest BCUT2D eigenvalue weighted by molar-refractivity contribution is 0.199. The van der Waals surface area contributed by atoms with E-state index in [1.807, 2.05) is 23.9 Å². The Morgan fingerprint density at radius 1 is 1.31 bits per heavy atom. The van der Waals surface area contributed by atoms with Crippen molar-refractivity contribution < 1.29 is 5.11 Å². The summed E-state index contributed by atoms with van der Waals surface area (Å²) in [5.74, 6) is 1.13. The van der Waals surface area contributed by atoms with Crippen molar-refractivity contribution in [2.45, 2.75) is 45.1 Å². The van der Waals surface area contributed by atoms with Gasteiger partial charge in [0.2, 0.25) is 0 Å². The van der Waals surface area contributed by atoms with Crippen LogP contribution in [0.25, 0.3) is 0 Å². The van der Waals surface area contributed by atoms with E-state index < -0.39 is 0 Å². The van der Waals surface area contributed by atoms with Crippen molar-refractivity contribution in [3.8, 4) is 0 Å². The van der Waals surface area contributed by atoms with Crippen LogP contribution in [0, 0.1) is 5.41 Å². The number of hydrogen-bond acceptors (Lipinski definition) is 2. The molecule has 0 saturated carbocycles. The highest BCUT2D eigenvalue weighted by Gasteiger charge is 2.10. The summed E-state index contributed by atoms with van der Waals surface area (Å²) in [6.07, 6.45) is 0.833. The Balaban J connectivity index is 2.51. The Kier molecular flexibility index (Phi) is 4.88. The number of aliphatic hydroxyl groups is 1. The fourth-order valence-corrected chi connectivity index (χ4v) is 2.68. The summed E-state index contributed by atoms with van der Waals surface area (Å²) in [6.45, 7) is 8.60. The van der Waals surface area contributed by atoms with Crippen molar-refractivity contribution in [2.24, 2.45) is 5.41 Å². The number of aliphatic hydroxyl groups excluding tert-OH is 1. The van der Waals surface area contributed by atoms with Gasteiger partial charge in [-0.3, -0.25) is 0 Å². The van der Waals surface area contributed by atoms with Gasteiger partial charge in [-0.05, 0) is 42.2 Å². The van der Waals surface area contributed by atoms with E-state index >= 15 is 0 Å². The predicted molar refractivity (Wildman–Crippen MR) is 71.9 cm³/mol. The van der Waals surface area contributed by atoms with E-state index in [9.17, 15) is 5.11 Å². The first-order valence-corrected chi connectivity index (χ1v) is 6.78. The van der Waals surface area contributed by atoms with Gasteiger partial charge in [0.15, 0.2) is 0 Å². The zero-order valence-electron chi connectivity index (χ0n) is 10.7. The molecule has 1 atom stereocenters. The number of rotatable bonds is 4. The standard InChI is InChI=1S/C14H22OS/c1-11(15)12-6-5-7-13(10-12)16-9-8-14(2,3)4/h5-7,10-11,15H,8-9H2,1-4H3. The zero-order chi connectivity index (χ0) is 12.2. The molecule has 0 aliphatic carbocycles. The molecule has 1 rings (SSSR count). The van der Waals surface area contributed by atoms with E-state index in [2.05, 4.69) is 32.9 Å². The molecule has 90 valence electrons. The van der Waals surface area contributed by atoms with Crippen LogP contribution in [-0.2, 0) is 0 Å². The van der Waals surface area contributed by atoms with Crippen molar-refractivity contribution in [2.75, 3.05) is 5.75 Å². The molecule has 0 radical (unpaired) electrons. The quantitative estimate of drug-likeness (QED) is 0.791. The molecule has 1 N–H and O–H groups in total. The Labute approximate surface area is 103 Å². The van der Waals surface area contributed by atoms with Crippen LogP contribution in [0.1, 0.15) is 45.8 Å². The zero-order valence-corrected chi connectivity index (χ0v) is 11.5. The maximum atomic E-state index is 9.49. The molecule has 0 amide bonds. The van der Waals surface area contributed by atoms with Gasteiger partial charge in [-0.25, -0.2) is 0 Å². The number of hydrogen-bond donors (Lipinski definition) is 1. The fourth-order valence-electron chi connectivity index (χ4n) is 1.34. The first kappa shape index (κ1) is 13.6. The van der Waals surface area contributed by atoms with Gasteiger partial charge in [0.1, 0.15) is 0 Å². The molecule has 1 unspecified atom stereocenters. The Hall–Kier alpha value is -0.470. The van der Waals surface area contributed by atoms with Crippen LogP contribution in [0.3, 0.4) is 0 Å². The summed E-state index contributed by atoms with van der Waals surface area (Å²) in [7, 11) is 0. The van der Waals surface area contributed by atoms with Crippen molar-refractivity contribution in [1.82, 2.24) is 0 Å². The van der Waals surface area contributed by atoms with E-state index in [0.717, 1.165) is 11.3 Å². The molecule has 0 spiro atoms. The Morgan fingerprint density at radius 2 is 2.00 bits per heavy atom. The summed E-state index contributed by atoms with van der Waals surface area (Å²) < 4.78 is 0. The van der Waals surface area contributed by atoms with Crippen LogP contribution in [0.4, 0.5) is 0 Å². The topological polar surface area (TPSA) is 20.2 Å². The molecule has 0 aromatic heterocycles. The first-order valence-electron chi connectivity index (χ1n) is 5.79. The molecular weight excluding hydrogens is 216 g/mol. The largest absolute Gasteiger partial charge is 0.389 e. The van der Waals surface area contributed by atoms with Gasteiger partial charge in [-0.2, -0.15) is 0 Å². The maximum absolute atomic E-state index is 9.49. The molecule has 0 fully saturated rings. The van der Waals surface area contributed by atoms with Crippen molar-refractivity contribution in [3.63, 3.8) is 0 Å². The summed E-state index contributed by atoms with van der Waals surface area (Å²) in [5.41, 5.74) is 1.40. The van der Waals surface area contributed by atoms with Crippen LogP contribution in [0.15, 0.2) is 29.2 Å². The highest BCUT2D eigenvalue weighted by Crippen LogP contribution is 2.27. The third-order valence-electron chi connectivity index (χ3n) is 2.46. The first-order chi connectivity index (χ1) is 7.38. The average Bonchev–Trinajstić information content (AvgIpc) is 2.16. The van der Waals surface area contributed by atoms with Gasteiger partial charge in [-0.15, -0.1) is 11.8 Å². The van der Waals surface area contributed by atoms with Crippen LogP contribution in [0.2, 0.25) is 0 Å². The summed E-state index contributed by atoms with van der Waals surface area (Å²) in [6, 6.07) is 8.18. The molecule has 0 aliphatic rings. The van der Waals surface area contributed by atoms with E-state index in [1.165, 1.54) is 11.3 Å². The minimum atomic E-state index is -0.372. The molecule has 0 saturated heterocycles. The summed E-state index contributed by atoms with van der Waals surface area (Å²) in [4.78, 5) is 1.25. The predicted octanol–water partition coefficient (Wildman–Crippen LogP) is 4.27. The molecule has 1 nitrogen and oxygen atoms in total. The Morgan fingerprint density at radius 3 is 2.56 bits per heavy atom. The highest BCUT2D eigenvalue weighted by molar-refractivity contribution is 7.99. The van der Waals surface area contributed by atoms with Gasteiger partial charge < -0.3 is 5.11 Å². The molecular formula is C14H22OS. The van der Waals surface area contributed by atoms with Crippen LogP contribution >= 0.6 is 11.8 Å². The SMILES string of the molecule is CC(O)c1cccc(SCCC(C)(C)C)c1. The van der Waals surface area contributed by atoms with Gasteiger partial charge in [0.05, 0.1) is 6.10 Å². The van der Waals surface area contributed by atoms with Crippen molar-refractivity contribution in [3.05, 3.63) is 29.8 Å². The van der Waals surface area contributed by atoms with Crippen molar-refractivity contribution >= 4 is 11.8 Å². The van der Waals surface area contributed by atoms with Gasteiger partial charge in [-0.1, -0.05) is 32.9 Å². The normalized spacial score (nSPS) is 13.8. The fraction of sp³-hybridized carbons (Fsp3) is 0.571. The molecule has 16 heavy (non-hydrogen) atoms. The van der Waals surface area contributed by atoms with E-state index in [-0.39, 0.29) is 6.10 Å². The number of benzene rings is 1. The third kappa shape index (κ3) is 5.04. The minimum absolute atomic E-state index is 0.372. The molecule has 0 bridgehead atoms. The van der Waals surface area contributed by atoms with Crippen LogP contribution in [0.5, 0.6) is 0 Å². The lowest BCUT2D eigenvalue weighted by atomic mass is 9.94. The molecule has 1 aromatic rings. The Bertz CT molecular complexity index is 326. The van der Waals surface area contributed by atoms with Crippen LogP contribution in [-0.4, -0.2) is 10.9 Å². The second-order valence-corrected chi connectivity index (χ2v) is 6.58. The molecule has 0 aliphatic heterocycles. The van der Waals surface area contributed by atoms with Gasteiger partial charge >= 0.3 is 0 Å². The highest BCUT2D eigenvalue weighted by atomic mass is 32.2. The van der Waals surface area contributed by atoms with Gasteiger partial charge in [0, 0.05) is 4.90 Å². The lowest BCUT2D eigenvalue weighted by Gasteiger charge is -2.17. The van der Waals surface area contributed by atoms with E-state index in [4.69, 9.17) is 0 Å². The molecule has 0 heterocycles. The second-order valence-electron chi connectivity index (χ2n) is 5.41. The molecule has 2 heteroatoms. The maximum Gasteiger partial charge on any atom is 0.0762 e. The lowest BCUT2D eigenvalue weighted by Crippen LogP contribution is -2.05. The van der Waals surface area contributed by atoms with Crippen molar-refractivity contribution in [1.29, 1.82) is 0 Å². The smallest absolute Gasteiger partial charge is 0.0762 e. The summed E-state index contributed by atoms with van der Waals surface area (Å²) in [5, 5.41) is 9.49. The second kappa shape index (κ2) is 5.74. The van der Waals surface area contributed by atoms with Gasteiger partial charge in [0.25, 0.3) is 0 Å². The third-order valence-corrected chi connectivity index (χ3v) is 3.46. The minimum Gasteiger partial charge on any atom is -0.389 e. The monoisotopic (exact) mass is 238 g/mol. The molecule has 1 aromatic carbocycles. The van der Waals surface area contributed by atoms with E-state index in [0.29, 0.717) is 5.41 Å². The van der Waals surface area contributed by atoms with E-state index in [1.54, 1.807) is 6.92 Å². The number of thioether (sulfide) groups is 1. The average molecular weight is 238 g/mol.